The van der Waals surface area contributed by atoms with Gasteiger partial charge in [-0.3, -0.25) is 4.90 Å². The monoisotopic (exact) mass is 488 g/mol. The van der Waals surface area contributed by atoms with Gasteiger partial charge in [0.15, 0.2) is 11.6 Å². The van der Waals surface area contributed by atoms with Gasteiger partial charge in [0.2, 0.25) is 5.95 Å². The molecule has 0 aromatic carbocycles. The number of ether oxygens (including phenoxy) is 1. The molecule has 10 nitrogen and oxygen atoms in total. The van der Waals surface area contributed by atoms with E-state index in [1.165, 1.54) is 4.88 Å². The highest BCUT2D eigenvalue weighted by molar-refractivity contribution is 7.81. The van der Waals surface area contributed by atoms with Gasteiger partial charge in [-0.1, -0.05) is 0 Å². The third-order valence-corrected chi connectivity index (χ3v) is 8.23. The van der Waals surface area contributed by atoms with E-state index in [2.05, 4.69) is 25.8 Å². The number of nitrogens with two attached hydrogens (primary N) is 1. The molecule has 3 aromatic heterocycles. The van der Waals surface area contributed by atoms with Crippen LogP contribution in [0.2, 0.25) is 0 Å². The number of piperazine rings is 1. The summed E-state index contributed by atoms with van der Waals surface area (Å²) < 4.78 is 20.4. The fourth-order valence-electron chi connectivity index (χ4n) is 4.22. The van der Waals surface area contributed by atoms with Crippen LogP contribution in [0.25, 0.3) is 21.6 Å². The molecule has 0 saturated carbocycles. The lowest BCUT2D eigenvalue weighted by Crippen LogP contribution is -2.46. The van der Waals surface area contributed by atoms with E-state index in [4.69, 9.17) is 20.4 Å². The van der Waals surface area contributed by atoms with Crippen LogP contribution in [0.1, 0.15) is 10.6 Å². The molecule has 2 aliphatic heterocycles. The van der Waals surface area contributed by atoms with E-state index < -0.39 is 11.0 Å². The fourth-order valence-corrected chi connectivity index (χ4v) is 6.05. The van der Waals surface area contributed by atoms with Crippen LogP contribution in [0.5, 0.6) is 0 Å². The Morgan fingerprint density at radius 3 is 2.58 bits per heavy atom. The second kappa shape index (κ2) is 9.55. The summed E-state index contributed by atoms with van der Waals surface area (Å²) in [5, 5.41) is 0. The van der Waals surface area contributed by atoms with E-state index in [1.54, 1.807) is 23.8 Å². The summed E-state index contributed by atoms with van der Waals surface area (Å²) in [6, 6.07) is 2.17. The molecule has 176 valence electrons. The third-order valence-electron chi connectivity index (χ3n) is 6.03. The van der Waals surface area contributed by atoms with Gasteiger partial charge in [0.05, 0.1) is 45.7 Å². The lowest BCUT2D eigenvalue weighted by atomic mass is 10.2. The molecule has 0 spiro atoms. The minimum atomic E-state index is -0.899. The minimum Gasteiger partial charge on any atom is -0.378 e. The van der Waals surface area contributed by atoms with Crippen LogP contribution in [0.15, 0.2) is 12.3 Å². The van der Waals surface area contributed by atoms with Crippen molar-refractivity contribution in [1.82, 2.24) is 29.1 Å². The molecule has 1 unspecified atom stereocenters. The molecule has 0 aliphatic carbocycles. The lowest BCUT2D eigenvalue weighted by molar-refractivity contribution is 0.122. The summed E-state index contributed by atoms with van der Waals surface area (Å²) in [6.45, 7) is 9.19. The van der Waals surface area contributed by atoms with Gasteiger partial charge in [0, 0.05) is 63.1 Å². The summed E-state index contributed by atoms with van der Waals surface area (Å²) >= 11 is 1.75. The fraction of sp³-hybridized carbons (Fsp3) is 0.524. The first-order chi connectivity index (χ1) is 16.0. The Morgan fingerprint density at radius 2 is 1.88 bits per heavy atom. The first kappa shape index (κ1) is 22.5. The predicted octanol–water partition coefficient (Wildman–Crippen LogP) is 1.29. The normalized spacial score (nSPS) is 19.3. The van der Waals surface area contributed by atoms with Crippen molar-refractivity contribution in [2.75, 3.05) is 69.4 Å². The maximum absolute atomic E-state index is 11.7. The summed E-state index contributed by atoms with van der Waals surface area (Å²) in [5.41, 5.74) is 8.24. The van der Waals surface area contributed by atoms with Crippen molar-refractivity contribution in [2.24, 2.45) is 0 Å². The van der Waals surface area contributed by atoms with Crippen LogP contribution in [-0.2, 0) is 22.3 Å². The van der Waals surface area contributed by atoms with Crippen molar-refractivity contribution in [3.63, 3.8) is 0 Å². The Labute approximate surface area is 199 Å². The van der Waals surface area contributed by atoms with Gasteiger partial charge in [-0.2, -0.15) is 0 Å². The van der Waals surface area contributed by atoms with Crippen LogP contribution >= 0.6 is 11.3 Å². The molecule has 2 saturated heterocycles. The molecular formula is C21H28N8O2S2. The Hall–Kier alpha value is -2.25. The summed E-state index contributed by atoms with van der Waals surface area (Å²) in [6.07, 6.45) is 3.45. The van der Waals surface area contributed by atoms with Crippen molar-refractivity contribution in [2.45, 2.75) is 13.5 Å². The van der Waals surface area contributed by atoms with Gasteiger partial charge in [-0.25, -0.2) is 28.5 Å². The second-order valence-electron chi connectivity index (χ2n) is 8.25. The average molecular weight is 489 g/mol. The van der Waals surface area contributed by atoms with Crippen LogP contribution in [0, 0.1) is 6.92 Å². The molecule has 0 radical (unpaired) electrons. The molecule has 12 heteroatoms. The number of anilines is 2. The zero-order chi connectivity index (χ0) is 22.9. The molecule has 3 aromatic rings. The average Bonchev–Trinajstić information content (AvgIpc) is 3.21. The van der Waals surface area contributed by atoms with Crippen LogP contribution in [-0.4, -0.2) is 92.1 Å². The number of rotatable bonds is 5. The number of morpholine rings is 1. The minimum absolute atomic E-state index is 0.246. The quantitative estimate of drug-likeness (QED) is 0.567. The first-order valence-electron chi connectivity index (χ1n) is 11.0. The van der Waals surface area contributed by atoms with Gasteiger partial charge in [-0.05, 0) is 13.0 Å². The number of aromatic nitrogens is 4. The number of nitrogens with zero attached hydrogens (tertiary/aromatic N) is 7. The molecule has 5 rings (SSSR count). The molecule has 2 aliphatic rings. The smallest absolute Gasteiger partial charge is 0.220 e. The van der Waals surface area contributed by atoms with Gasteiger partial charge >= 0.3 is 0 Å². The Morgan fingerprint density at radius 1 is 1.12 bits per heavy atom. The molecule has 2 N–H and O–H groups in total. The van der Waals surface area contributed by atoms with Gasteiger partial charge in [0.25, 0.3) is 0 Å². The summed E-state index contributed by atoms with van der Waals surface area (Å²) in [7, 11) is -0.899. The van der Waals surface area contributed by atoms with Gasteiger partial charge in [-0.15, -0.1) is 11.3 Å². The Balaban J connectivity index is 1.48. The lowest BCUT2D eigenvalue weighted by Gasteiger charge is -2.32. The molecule has 1 atom stereocenters. The van der Waals surface area contributed by atoms with Crippen molar-refractivity contribution >= 4 is 44.3 Å². The Kier molecular flexibility index (Phi) is 6.52. The standard InChI is InChI=1S/C21H28N8O2S2/c1-14-16(12-23-21(22)24-14)19-25-17-11-15(13-27-3-5-29(6-4-27)33(2)30)32-18(17)20(26-19)28-7-9-31-10-8-28/h11-12H,3-10,13H2,1-2H3,(H2,22,23,24). The third kappa shape index (κ3) is 4.85. The van der Waals surface area contributed by atoms with E-state index in [1.807, 2.05) is 11.2 Å². The number of thiophene rings is 1. The SMILES string of the molecule is Cc1nc(N)ncc1-c1nc(N2CCOCC2)c2sc(CN3CCN(S(C)=O)CC3)cc2n1. The highest BCUT2D eigenvalue weighted by atomic mass is 32.2. The van der Waals surface area contributed by atoms with E-state index in [-0.39, 0.29) is 5.95 Å². The zero-order valence-corrected chi connectivity index (χ0v) is 20.5. The van der Waals surface area contributed by atoms with Crippen molar-refractivity contribution in [3.05, 3.63) is 22.8 Å². The van der Waals surface area contributed by atoms with Crippen LogP contribution in [0.4, 0.5) is 11.8 Å². The first-order valence-corrected chi connectivity index (χ1v) is 13.3. The number of fused-ring (bicyclic) bond motifs is 1. The van der Waals surface area contributed by atoms with Crippen molar-refractivity contribution < 1.29 is 8.95 Å². The maximum atomic E-state index is 11.7. The van der Waals surface area contributed by atoms with Crippen LogP contribution < -0.4 is 10.6 Å². The largest absolute Gasteiger partial charge is 0.378 e. The van der Waals surface area contributed by atoms with E-state index in [9.17, 15) is 4.21 Å². The van der Waals surface area contributed by atoms with Gasteiger partial charge < -0.3 is 15.4 Å². The topological polar surface area (TPSA) is 114 Å². The van der Waals surface area contributed by atoms with E-state index >= 15 is 0 Å². The van der Waals surface area contributed by atoms with E-state index in [0.29, 0.717) is 19.0 Å². The maximum Gasteiger partial charge on any atom is 0.220 e. The summed E-state index contributed by atoms with van der Waals surface area (Å²) in [5.74, 6) is 1.80. The number of hydrogen-bond donors (Lipinski definition) is 1. The molecule has 0 bridgehead atoms. The molecule has 33 heavy (non-hydrogen) atoms. The molecule has 2 fully saturated rings. The molecular weight excluding hydrogens is 460 g/mol. The zero-order valence-electron chi connectivity index (χ0n) is 18.9. The Bertz CT molecular complexity index is 1170. The number of nitrogen functional groups attached to an aromatic ring is 1. The molecule has 5 heterocycles. The molecule has 0 amide bonds. The predicted molar refractivity (Wildman–Crippen MR) is 132 cm³/mol. The van der Waals surface area contributed by atoms with Crippen molar-refractivity contribution in [1.29, 1.82) is 0 Å². The van der Waals surface area contributed by atoms with Crippen molar-refractivity contribution in [3.8, 4) is 11.4 Å². The number of aryl methyl sites for hydroxylation is 1. The highest BCUT2D eigenvalue weighted by Gasteiger charge is 2.23. The van der Waals surface area contributed by atoms with Crippen LogP contribution in [0.3, 0.4) is 0 Å². The second-order valence-corrected chi connectivity index (χ2v) is 10.8. The summed E-state index contributed by atoms with van der Waals surface area (Å²) in [4.78, 5) is 24.3. The van der Waals surface area contributed by atoms with Gasteiger partial charge in [0.1, 0.15) is 0 Å². The highest BCUT2D eigenvalue weighted by Crippen LogP contribution is 2.35. The van der Waals surface area contributed by atoms with E-state index in [0.717, 1.165) is 73.1 Å². The number of hydrogen-bond acceptors (Lipinski definition) is 10.